The number of nitrogens with one attached hydrogen (secondary N) is 1. The van der Waals surface area contributed by atoms with E-state index in [4.69, 9.17) is 9.84 Å². The zero-order chi connectivity index (χ0) is 9.90. The zero-order valence-corrected chi connectivity index (χ0v) is 8.84. The molecule has 2 N–H and O–H groups in total. The Kier molecular flexibility index (Phi) is 3.71. The fourth-order valence-electron chi connectivity index (χ4n) is 1.95. The van der Waals surface area contributed by atoms with Crippen LogP contribution in [-0.2, 0) is 4.74 Å². The molecular formula is C10H21NO2. The lowest BCUT2D eigenvalue weighted by molar-refractivity contribution is -0.114. The maximum Gasteiger partial charge on any atom is 0.0655 e. The summed E-state index contributed by atoms with van der Waals surface area (Å²) in [5.74, 6) is 0. The predicted molar refractivity (Wildman–Crippen MR) is 52.7 cm³/mol. The van der Waals surface area contributed by atoms with Gasteiger partial charge in [-0.25, -0.2) is 0 Å². The Hall–Kier alpha value is -0.120. The molecule has 78 valence electrons. The van der Waals surface area contributed by atoms with Gasteiger partial charge in [0, 0.05) is 24.6 Å². The van der Waals surface area contributed by atoms with Gasteiger partial charge >= 0.3 is 0 Å². The zero-order valence-electron chi connectivity index (χ0n) is 8.84. The molecule has 3 nitrogen and oxygen atoms in total. The lowest BCUT2D eigenvalue weighted by Crippen LogP contribution is -2.61. The SMILES string of the molecule is CCOC1CC(NCCO)C1(C)C. The van der Waals surface area contributed by atoms with Crippen molar-refractivity contribution in [2.45, 2.75) is 39.3 Å². The standard InChI is InChI=1S/C10H21NO2/c1-4-13-9-7-8(10(9,2)3)11-5-6-12/h8-9,11-12H,4-7H2,1-3H3. The second-order valence-corrected chi connectivity index (χ2v) is 4.23. The fourth-order valence-corrected chi connectivity index (χ4v) is 1.95. The molecule has 1 fully saturated rings. The van der Waals surface area contributed by atoms with Crippen LogP contribution in [0, 0.1) is 5.41 Å². The summed E-state index contributed by atoms with van der Waals surface area (Å²) in [6.45, 7) is 8.15. The molecule has 3 heteroatoms. The molecule has 2 unspecified atom stereocenters. The van der Waals surface area contributed by atoms with Crippen molar-refractivity contribution in [2.24, 2.45) is 5.41 Å². The van der Waals surface area contributed by atoms with Gasteiger partial charge in [0.1, 0.15) is 0 Å². The Morgan fingerprint density at radius 1 is 1.54 bits per heavy atom. The Bertz CT molecular complexity index is 159. The van der Waals surface area contributed by atoms with E-state index in [0.717, 1.165) is 13.0 Å². The average Bonchev–Trinajstić information content (AvgIpc) is 2.10. The van der Waals surface area contributed by atoms with Crippen molar-refractivity contribution in [1.82, 2.24) is 5.32 Å². The lowest BCUT2D eigenvalue weighted by Gasteiger charge is -2.51. The van der Waals surface area contributed by atoms with Crippen LogP contribution >= 0.6 is 0 Å². The third-order valence-electron chi connectivity index (χ3n) is 3.05. The van der Waals surface area contributed by atoms with Crippen molar-refractivity contribution >= 4 is 0 Å². The van der Waals surface area contributed by atoms with E-state index in [1.54, 1.807) is 0 Å². The van der Waals surface area contributed by atoms with Crippen molar-refractivity contribution in [3.63, 3.8) is 0 Å². The maximum absolute atomic E-state index is 8.68. The molecule has 0 aliphatic heterocycles. The van der Waals surface area contributed by atoms with Gasteiger partial charge in [0.25, 0.3) is 0 Å². The van der Waals surface area contributed by atoms with Crippen LogP contribution in [0.3, 0.4) is 0 Å². The molecule has 1 saturated carbocycles. The highest BCUT2D eigenvalue weighted by molar-refractivity contribution is 5.02. The molecule has 0 heterocycles. The quantitative estimate of drug-likeness (QED) is 0.668. The van der Waals surface area contributed by atoms with Crippen LogP contribution in [0.25, 0.3) is 0 Å². The maximum atomic E-state index is 8.68. The Morgan fingerprint density at radius 3 is 2.69 bits per heavy atom. The lowest BCUT2D eigenvalue weighted by atomic mass is 9.64. The van der Waals surface area contributed by atoms with Gasteiger partial charge in [-0.1, -0.05) is 13.8 Å². The summed E-state index contributed by atoms with van der Waals surface area (Å²) in [6, 6.07) is 0.496. The van der Waals surface area contributed by atoms with Gasteiger partial charge in [-0.15, -0.1) is 0 Å². The van der Waals surface area contributed by atoms with Crippen LogP contribution in [0.5, 0.6) is 0 Å². The van der Waals surface area contributed by atoms with Gasteiger partial charge in [-0.3, -0.25) is 0 Å². The number of rotatable bonds is 5. The molecule has 0 bridgehead atoms. The molecule has 0 amide bonds. The first kappa shape index (κ1) is 11.0. The van der Waals surface area contributed by atoms with Gasteiger partial charge in [0.2, 0.25) is 0 Å². The van der Waals surface area contributed by atoms with Crippen molar-refractivity contribution in [3.8, 4) is 0 Å². The molecule has 0 radical (unpaired) electrons. The molecule has 1 rings (SSSR count). The van der Waals surface area contributed by atoms with Gasteiger partial charge < -0.3 is 15.2 Å². The van der Waals surface area contributed by atoms with E-state index < -0.39 is 0 Å². The highest BCUT2D eigenvalue weighted by Crippen LogP contribution is 2.42. The average molecular weight is 187 g/mol. The Labute approximate surface area is 80.5 Å². The molecule has 0 aromatic carbocycles. The van der Waals surface area contributed by atoms with Crippen LogP contribution in [0.1, 0.15) is 27.2 Å². The summed E-state index contributed by atoms with van der Waals surface area (Å²) >= 11 is 0. The summed E-state index contributed by atoms with van der Waals surface area (Å²) in [5.41, 5.74) is 0.213. The Morgan fingerprint density at radius 2 is 2.23 bits per heavy atom. The third kappa shape index (κ3) is 2.22. The fraction of sp³-hybridized carbons (Fsp3) is 1.00. The first-order valence-corrected chi connectivity index (χ1v) is 5.08. The van der Waals surface area contributed by atoms with Crippen molar-refractivity contribution in [1.29, 1.82) is 0 Å². The van der Waals surface area contributed by atoms with Crippen LogP contribution in [0.15, 0.2) is 0 Å². The molecule has 1 aliphatic carbocycles. The molecule has 1 aliphatic rings. The highest BCUT2D eigenvalue weighted by Gasteiger charge is 2.48. The first-order valence-electron chi connectivity index (χ1n) is 5.08. The topological polar surface area (TPSA) is 41.5 Å². The number of hydrogen-bond acceptors (Lipinski definition) is 3. The van der Waals surface area contributed by atoms with Crippen molar-refractivity contribution in [3.05, 3.63) is 0 Å². The monoisotopic (exact) mass is 187 g/mol. The van der Waals surface area contributed by atoms with E-state index in [1.165, 1.54) is 0 Å². The van der Waals surface area contributed by atoms with Gasteiger partial charge in [-0.2, -0.15) is 0 Å². The number of aliphatic hydroxyl groups is 1. The van der Waals surface area contributed by atoms with Crippen molar-refractivity contribution in [2.75, 3.05) is 19.8 Å². The Balaban J connectivity index is 2.30. The third-order valence-corrected chi connectivity index (χ3v) is 3.05. The minimum atomic E-state index is 0.213. The normalized spacial score (nSPS) is 31.4. The smallest absolute Gasteiger partial charge is 0.0655 e. The number of aliphatic hydroxyl groups excluding tert-OH is 1. The first-order chi connectivity index (χ1) is 6.12. The van der Waals surface area contributed by atoms with Gasteiger partial charge in [0.05, 0.1) is 12.7 Å². The number of ether oxygens (including phenoxy) is 1. The second-order valence-electron chi connectivity index (χ2n) is 4.23. The van der Waals surface area contributed by atoms with Crippen LogP contribution in [0.2, 0.25) is 0 Å². The van der Waals surface area contributed by atoms with E-state index >= 15 is 0 Å². The van der Waals surface area contributed by atoms with E-state index in [0.29, 0.717) is 18.7 Å². The second kappa shape index (κ2) is 4.40. The largest absolute Gasteiger partial charge is 0.395 e. The molecule has 13 heavy (non-hydrogen) atoms. The highest BCUT2D eigenvalue weighted by atomic mass is 16.5. The van der Waals surface area contributed by atoms with Crippen LogP contribution < -0.4 is 5.32 Å². The summed E-state index contributed by atoms with van der Waals surface area (Å²) in [7, 11) is 0. The summed E-state index contributed by atoms with van der Waals surface area (Å²) < 4.78 is 5.60. The minimum Gasteiger partial charge on any atom is -0.395 e. The molecule has 2 atom stereocenters. The molecule has 0 spiro atoms. The van der Waals surface area contributed by atoms with E-state index in [9.17, 15) is 0 Å². The van der Waals surface area contributed by atoms with Crippen LogP contribution in [0.4, 0.5) is 0 Å². The number of hydrogen-bond donors (Lipinski definition) is 2. The molecule has 0 aromatic heterocycles. The van der Waals surface area contributed by atoms with Gasteiger partial charge in [-0.05, 0) is 13.3 Å². The minimum absolute atomic E-state index is 0.213. The van der Waals surface area contributed by atoms with Gasteiger partial charge in [0.15, 0.2) is 0 Å². The summed E-state index contributed by atoms with van der Waals surface area (Å²) in [6.07, 6.45) is 1.45. The predicted octanol–water partition coefficient (Wildman–Crippen LogP) is 0.772. The molecular weight excluding hydrogens is 166 g/mol. The molecule has 0 saturated heterocycles. The molecule has 0 aromatic rings. The van der Waals surface area contributed by atoms with E-state index in [2.05, 4.69) is 19.2 Å². The van der Waals surface area contributed by atoms with E-state index in [1.807, 2.05) is 6.92 Å². The summed E-state index contributed by atoms with van der Waals surface area (Å²) in [5, 5.41) is 12.0. The van der Waals surface area contributed by atoms with Crippen molar-refractivity contribution < 1.29 is 9.84 Å². The summed E-state index contributed by atoms with van der Waals surface area (Å²) in [4.78, 5) is 0. The van der Waals surface area contributed by atoms with E-state index in [-0.39, 0.29) is 12.0 Å². The van der Waals surface area contributed by atoms with Crippen LogP contribution in [-0.4, -0.2) is 37.0 Å².